The number of nitriles is 1. The number of ether oxygens (including phenoxy) is 2. The van der Waals surface area contributed by atoms with E-state index in [9.17, 15) is 10.1 Å². The first-order valence-corrected chi connectivity index (χ1v) is 6.13. The number of hydrogen-bond acceptors (Lipinski definition) is 5. The fraction of sp³-hybridized carbons (Fsp3) is 0.0714. The van der Waals surface area contributed by atoms with E-state index in [2.05, 4.69) is 0 Å². The molecule has 0 saturated heterocycles. The van der Waals surface area contributed by atoms with Gasteiger partial charge in [0.2, 0.25) is 0 Å². The van der Waals surface area contributed by atoms with E-state index in [-0.39, 0.29) is 22.7 Å². The van der Waals surface area contributed by atoms with Gasteiger partial charge in [-0.1, -0.05) is 11.6 Å². The lowest BCUT2D eigenvalue weighted by molar-refractivity contribution is -0.384. The molecule has 0 aromatic heterocycles. The molecule has 0 aliphatic carbocycles. The molecule has 0 heterocycles. The summed E-state index contributed by atoms with van der Waals surface area (Å²) in [7, 11) is 1.41. The lowest BCUT2D eigenvalue weighted by Crippen LogP contribution is -1.95. The third-order valence-electron chi connectivity index (χ3n) is 2.64. The van der Waals surface area contributed by atoms with Crippen LogP contribution >= 0.6 is 11.6 Å². The van der Waals surface area contributed by atoms with E-state index in [1.165, 1.54) is 37.4 Å². The molecule has 0 atom stereocenters. The van der Waals surface area contributed by atoms with Crippen molar-refractivity contribution in [1.82, 2.24) is 0 Å². The average Bonchev–Trinajstić information content (AvgIpc) is 2.47. The Hall–Kier alpha value is -2.78. The van der Waals surface area contributed by atoms with Crippen molar-refractivity contribution in [3.63, 3.8) is 0 Å². The predicted molar refractivity (Wildman–Crippen MR) is 75.9 cm³/mol. The fourth-order valence-corrected chi connectivity index (χ4v) is 1.81. The van der Waals surface area contributed by atoms with Crippen LogP contribution in [0.1, 0.15) is 5.56 Å². The monoisotopic (exact) mass is 304 g/mol. The van der Waals surface area contributed by atoms with Crippen LogP contribution in [-0.2, 0) is 0 Å². The number of hydrogen-bond donors (Lipinski definition) is 0. The number of methoxy groups -OCH3 is 1. The van der Waals surface area contributed by atoms with Gasteiger partial charge >= 0.3 is 0 Å². The molecule has 0 fully saturated rings. The maximum Gasteiger partial charge on any atom is 0.273 e. The molecule has 6 nitrogen and oxygen atoms in total. The Balaban J connectivity index is 2.48. The van der Waals surface area contributed by atoms with Crippen molar-refractivity contribution < 1.29 is 14.4 Å². The van der Waals surface area contributed by atoms with E-state index >= 15 is 0 Å². The molecule has 0 saturated carbocycles. The molecule has 0 N–H and O–H groups in total. The van der Waals surface area contributed by atoms with Crippen LogP contribution in [0, 0.1) is 21.4 Å². The van der Waals surface area contributed by atoms with E-state index in [1.807, 2.05) is 6.07 Å². The van der Waals surface area contributed by atoms with Gasteiger partial charge in [0.1, 0.15) is 11.8 Å². The summed E-state index contributed by atoms with van der Waals surface area (Å²) in [6.45, 7) is 0. The summed E-state index contributed by atoms with van der Waals surface area (Å²) in [6, 6.07) is 10.4. The Kier molecular flexibility index (Phi) is 4.26. The number of nitro benzene ring substituents is 1. The molecule has 0 spiro atoms. The molecule has 21 heavy (non-hydrogen) atoms. The lowest BCUT2D eigenvalue weighted by Gasteiger charge is -2.11. The van der Waals surface area contributed by atoms with Crippen molar-refractivity contribution in [3.05, 3.63) is 57.1 Å². The van der Waals surface area contributed by atoms with Crippen LogP contribution < -0.4 is 9.47 Å². The van der Waals surface area contributed by atoms with Crippen LogP contribution in [0.25, 0.3) is 0 Å². The molecule has 2 rings (SSSR count). The zero-order valence-electron chi connectivity index (χ0n) is 10.9. The normalized spacial score (nSPS) is 9.76. The molecule has 106 valence electrons. The van der Waals surface area contributed by atoms with Gasteiger partial charge in [-0.25, -0.2) is 0 Å². The van der Waals surface area contributed by atoms with E-state index in [4.69, 9.17) is 26.3 Å². The molecule has 0 amide bonds. The Morgan fingerprint density at radius 1 is 1.19 bits per heavy atom. The number of rotatable bonds is 4. The second-order valence-electron chi connectivity index (χ2n) is 3.95. The summed E-state index contributed by atoms with van der Waals surface area (Å²) < 4.78 is 10.7. The summed E-state index contributed by atoms with van der Waals surface area (Å²) in [5.41, 5.74) is 0.110. The Bertz CT molecular complexity index is 740. The van der Waals surface area contributed by atoms with E-state index in [0.717, 1.165) is 0 Å². The van der Waals surface area contributed by atoms with Gasteiger partial charge in [-0.05, 0) is 18.2 Å². The second kappa shape index (κ2) is 6.11. The topological polar surface area (TPSA) is 85.4 Å². The molecule has 0 aliphatic heterocycles. The Morgan fingerprint density at radius 2 is 1.95 bits per heavy atom. The predicted octanol–water partition coefficient (Wildman–Crippen LogP) is 3.92. The molecular weight excluding hydrogens is 296 g/mol. The number of benzene rings is 2. The zero-order valence-corrected chi connectivity index (χ0v) is 11.6. The summed E-state index contributed by atoms with van der Waals surface area (Å²) in [4.78, 5) is 10.3. The molecule has 7 heteroatoms. The van der Waals surface area contributed by atoms with Gasteiger partial charge in [-0.2, -0.15) is 5.26 Å². The Morgan fingerprint density at radius 3 is 2.57 bits per heavy atom. The minimum atomic E-state index is -0.546. The van der Waals surface area contributed by atoms with Crippen molar-refractivity contribution in [1.29, 1.82) is 5.26 Å². The molecular formula is C14H9ClN2O4. The van der Waals surface area contributed by atoms with Crippen LogP contribution in [0.4, 0.5) is 5.69 Å². The highest BCUT2D eigenvalue weighted by atomic mass is 35.5. The van der Waals surface area contributed by atoms with Crippen molar-refractivity contribution >= 4 is 17.3 Å². The Labute approximate surface area is 125 Å². The highest BCUT2D eigenvalue weighted by molar-refractivity contribution is 6.30. The average molecular weight is 305 g/mol. The summed E-state index contributed by atoms with van der Waals surface area (Å²) in [5.74, 6) is 0.638. The highest BCUT2D eigenvalue weighted by Crippen LogP contribution is 2.36. The molecule has 0 unspecified atom stereocenters. The van der Waals surface area contributed by atoms with Crippen molar-refractivity contribution in [2.75, 3.05) is 7.11 Å². The standard InChI is InChI=1S/C14H9ClN2O4/c1-20-12-5-4-11(17(18)19)7-14(12)21-13-6-10(15)3-2-9(13)8-16/h2-7H,1H3. The summed E-state index contributed by atoms with van der Waals surface area (Å²) in [6.07, 6.45) is 0. The second-order valence-corrected chi connectivity index (χ2v) is 4.38. The first-order chi connectivity index (χ1) is 10.0. The molecule has 2 aromatic rings. The number of halogens is 1. The van der Waals surface area contributed by atoms with Crippen LogP contribution in [0.5, 0.6) is 17.2 Å². The van der Waals surface area contributed by atoms with Crippen molar-refractivity contribution in [2.24, 2.45) is 0 Å². The van der Waals surface area contributed by atoms with Crippen LogP contribution in [0.2, 0.25) is 5.02 Å². The van der Waals surface area contributed by atoms with Crippen LogP contribution in [0.15, 0.2) is 36.4 Å². The fourth-order valence-electron chi connectivity index (χ4n) is 1.65. The van der Waals surface area contributed by atoms with Gasteiger partial charge in [0.05, 0.1) is 23.7 Å². The van der Waals surface area contributed by atoms with Crippen molar-refractivity contribution in [2.45, 2.75) is 0 Å². The largest absolute Gasteiger partial charge is 0.493 e. The smallest absolute Gasteiger partial charge is 0.273 e. The van der Waals surface area contributed by atoms with Crippen LogP contribution in [0.3, 0.4) is 0 Å². The molecule has 2 aromatic carbocycles. The van der Waals surface area contributed by atoms with Gasteiger partial charge in [-0.3, -0.25) is 10.1 Å². The minimum Gasteiger partial charge on any atom is -0.493 e. The third-order valence-corrected chi connectivity index (χ3v) is 2.88. The minimum absolute atomic E-state index is 0.130. The maximum absolute atomic E-state index is 10.8. The number of nitro groups is 1. The zero-order chi connectivity index (χ0) is 15.4. The number of non-ortho nitro benzene ring substituents is 1. The number of nitrogens with zero attached hydrogens (tertiary/aromatic N) is 2. The molecule has 0 radical (unpaired) electrons. The van der Waals surface area contributed by atoms with Gasteiger partial charge in [0.25, 0.3) is 5.69 Å². The maximum atomic E-state index is 10.8. The van der Waals surface area contributed by atoms with E-state index in [1.54, 1.807) is 6.07 Å². The highest BCUT2D eigenvalue weighted by Gasteiger charge is 2.15. The van der Waals surface area contributed by atoms with Crippen LogP contribution in [-0.4, -0.2) is 12.0 Å². The molecule has 0 bridgehead atoms. The SMILES string of the molecule is COc1ccc([N+](=O)[O-])cc1Oc1cc(Cl)ccc1C#N. The van der Waals surface area contributed by atoms with Gasteiger partial charge in [0.15, 0.2) is 11.5 Å². The van der Waals surface area contributed by atoms with E-state index in [0.29, 0.717) is 10.8 Å². The lowest BCUT2D eigenvalue weighted by atomic mass is 10.2. The molecule has 0 aliphatic rings. The summed E-state index contributed by atoms with van der Waals surface area (Å²) >= 11 is 5.87. The van der Waals surface area contributed by atoms with Gasteiger partial charge in [0, 0.05) is 17.2 Å². The van der Waals surface area contributed by atoms with E-state index < -0.39 is 4.92 Å². The first kappa shape index (κ1) is 14.6. The van der Waals surface area contributed by atoms with Gasteiger partial charge in [-0.15, -0.1) is 0 Å². The third kappa shape index (κ3) is 3.22. The summed E-state index contributed by atoms with van der Waals surface area (Å²) in [5, 5.41) is 20.2. The van der Waals surface area contributed by atoms with Gasteiger partial charge < -0.3 is 9.47 Å². The first-order valence-electron chi connectivity index (χ1n) is 5.75. The quantitative estimate of drug-likeness (QED) is 0.631. The van der Waals surface area contributed by atoms with Crippen molar-refractivity contribution in [3.8, 4) is 23.3 Å².